The van der Waals surface area contributed by atoms with Gasteiger partial charge in [-0.2, -0.15) is 0 Å². The Morgan fingerprint density at radius 2 is 1.77 bits per heavy atom. The zero-order valence-electron chi connectivity index (χ0n) is 13.4. The van der Waals surface area contributed by atoms with Crippen molar-refractivity contribution < 1.29 is 13.5 Å². The van der Waals surface area contributed by atoms with Crippen LogP contribution in [0.1, 0.15) is 40.0 Å². The lowest BCUT2D eigenvalue weighted by Crippen LogP contribution is -2.44. The third kappa shape index (κ3) is 5.99. The number of nitrogens with one attached hydrogen (secondary N) is 1. The van der Waals surface area contributed by atoms with Crippen molar-refractivity contribution in [2.24, 2.45) is 5.92 Å². The standard InChI is InChI=1S/C16H26BrNO3S/c1-4-15(13(3)19)16(11-10-12(2)17)18-22(20,21)14-8-6-5-7-9-14/h5-9,12-13,15-16,18-19H,4,10-11H2,1-3H3/t12?,13-,15+,16?/m0/s1. The SMILES string of the molecule is CC[C@@H](C(CCC(C)Br)NS(=O)(=O)c1ccccc1)[C@H](C)O. The molecule has 0 aliphatic carbocycles. The van der Waals surface area contributed by atoms with Crippen LogP contribution in [-0.2, 0) is 10.0 Å². The van der Waals surface area contributed by atoms with E-state index in [2.05, 4.69) is 20.7 Å². The van der Waals surface area contributed by atoms with Gasteiger partial charge in [0.15, 0.2) is 0 Å². The summed E-state index contributed by atoms with van der Waals surface area (Å²) in [5.41, 5.74) is 0. The molecule has 0 aliphatic rings. The second-order valence-corrected chi connectivity index (χ2v) is 8.99. The summed E-state index contributed by atoms with van der Waals surface area (Å²) in [7, 11) is -3.57. The van der Waals surface area contributed by atoms with E-state index in [1.165, 1.54) is 0 Å². The first-order chi connectivity index (χ1) is 10.3. The highest BCUT2D eigenvalue weighted by Gasteiger charge is 2.29. The molecule has 4 atom stereocenters. The van der Waals surface area contributed by atoms with Gasteiger partial charge in [-0.3, -0.25) is 0 Å². The van der Waals surface area contributed by atoms with Crippen LogP contribution in [0.15, 0.2) is 35.2 Å². The molecule has 6 heteroatoms. The smallest absolute Gasteiger partial charge is 0.240 e. The topological polar surface area (TPSA) is 66.4 Å². The van der Waals surface area contributed by atoms with Crippen LogP contribution in [-0.4, -0.2) is 30.5 Å². The third-order valence-electron chi connectivity index (χ3n) is 3.84. The van der Waals surface area contributed by atoms with Crippen LogP contribution in [0.5, 0.6) is 0 Å². The fourth-order valence-electron chi connectivity index (χ4n) is 2.60. The Hall–Kier alpha value is -0.430. The summed E-state index contributed by atoms with van der Waals surface area (Å²) >= 11 is 3.50. The second kappa shape index (κ2) is 9.01. The molecule has 2 N–H and O–H groups in total. The van der Waals surface area contributed by atoms with Crippen LogP contribution in [0.3, 0.4) is 0 Å². The Labute approximate surface area is 142 Å². The first-order valence-corrected chi connectivity index (χ1v) is 10.1. The molecule has 126 valence electrons. The van der Waals surface area contributed by atoms with Crippen molar-refractivity contribution in [3.8, 4) is 0 Å². The summed E-state index contributed by atoms with van der Waals surface area (Å²) in [6.45, 7) is 5.72. The number of hydrogen-bond acceptors (Lipinski definition) is 3. The van der Waals surface area contributed by atoms with E-state index in [0.717, 1.165) is 12.8 Å². The average Bonchev–Trinajstić information content (AvgIpc) is 2.45. The van der Waals surface area contributed by atoms with E-state index in [9.17, 15) is 13.5 Å². The van der Waals surface area contributed by atoms with Gasteiger partial charge in [-0.15, -0.1) is 0 Å². The monoisotopic (exact) mass is 391 g/mol. The average molecular weight is 392 g/mol. The fourth-order valence-corrected chi connectivity index (χ4v) is 4.21. The van der Waals surface area contributed by atoms with E-state index in [4.69, 9.17) is 0 Å². The molecule has 4 nitrogen and oxygen atoms in total. The molecule has 1 aromatic rings. The van der Waals surface area contributed by atoms with Gasteiger partial charge in [0.2, 0.25) is 10.0 Å². The first kappa shape index (κ1) is 19.6. The number of benzene rings is 1. The number of aliphatic hydroxyl groups is 1. The minimum atomic E-state index is -3.57. The number of hydrogen-bond donors (Lipinski definition) is 2. The van der Waals surface area contributed by atoms with Crippen LogP contribution in [0.2, 0.25) is 0 Å². The number of alkyl halides is 1. The van der Waals surface area contributed by atoms with E-state index in [1.54, 1.807) is 37.3 Å². The van der Waals surface area contributed by atoms with Gasteiger partial charge in [-0.05, 0) is 38.3 Å². The van der Waals surface area contributed by atoms with E-state index < -0.39 is 16.1 Å². The molecule has 0 fully saturated rings. The molecule has 0 spiro atoms. The lowest BCUT2D eigenvalue weighted by Gasteiger charge is -2.29. The highest BCUT2D eigenvalue weighted by atomic mass is 79.9. The van der Waals surface area contributed by atoms with E-state index in [1.807, 2.05) is 13.8 Å². The molecule has 0 radical (unpaired) electrons. The zero-order valence-corrected chi connectivity index (χ0v) is 15.8. The number of aliphatic hydroxyl groups excluding tert-OH is 1. The van der Waals surface area contributed by atoms with Crippen molar-refractivity contribution in [1.29, 1.82) is 0 Å². The second-order valence-electron chi connectivity index (χ2n) is 5.71. The summed E-state index contributed by atoms with van der Waals surface area (Å²) in [4.78, 5) is 0.565. The maximum absolute atomic E-state index is 12.5. The molecule has 1 rings (SSSR count). The van der Waals surface area contributed by atoms with Crippen molar-refractivity contribution in [2.45, 2.75) is 61.9 Å². The summed E-state index contributed by atoms with van der Waals surface area (Å²) in [5.74, 6) is -0.107. The van der Waals surface area contributed by atoms with Crippen LogP contribution in [0.4, 0.5) is 0 Å². The molecule has 22 heavy (non-hydrogen) atoms. The maximum atomic E-state index is 12.5. The molecular weight excluding hydrogens is 366 g/mol. The lowest BCUT2D eigenvalue weighted by atomic mass is 9.89. The molecule has 2 unspecified atom stereocenters. The molecule has 0 bridgehead atoms. The minimum absolute atomic E-state index is 0.107. The Balaban J connectivity index is 2.96. The third-order valence-corrected chi connectivity index (χ3v) is 5.81. The Morgan fingerprint density at radius 3 is 2.23 bits per heavy atom. The lowest BCUT2D eigenvalue weighted by molar-refractivity contribution is 0.1000. The van der Waals surface area contributed by atoms with Gasteiger partial charge in [0.1, 0.15) is 0 Å². The predicted octanol–water partition coefficient (Wildman–Crippen LogP) is 3.30. The Bertz CT molecular complexity index is 532. The van der Waals surface area contributed by atoms with Crippen molar-refractivity contribution in [2.75, 3.05) is 0 Å². The summed E-state index contributed by atoms with van der Waals surface area (Å²) in [6, 6.07) is 8.07. The normalized spacial score (nSPS) is 17.7. The van der Waals surface area contributed by atoms with Crippen LogP contribution >= 0.6 is 15.9 Å². The molecule has 0 aromatic heterocycles. The summed E-state index contributed by atoms with van der Waals surface area (Å²) < 4.78 is 27.8. The van der Waals surface area contributed by atoms with Gasteiger partial charge in [-0.1, -0.05) is 48.0 Å². The largest absolute Gasteiger partial charge is 0.393 e. The highest BCUT2D eigenvalue weighted by Crippen LogP contribution is 2.22. The summed E-state index contributed by atoms with van der Waals surface area (Å²) in [6.07, 6.45) is 1.68. The fraction of sp³-hybridized carbons (Fsp3) is 0.625. The first-order valence-electron chi connectivity index (χ1n) is 7.67. The summed E-state index contributed by atoms with van der Waals surface area (Å²) in [5, 5.41) is 9.97. The highest BCUT2D eigenvalue weighted by molar-refractivity contribution is 9.09. The minimum Gasteiger partial charge on any atom is -0.393 e. The Morgan fingerprint density at radius 1 is 1.18 bits per heavy atom. The molecule has 0 amide bonds. The quantitative estimate of drug-likeness (QED) is 0.634. The molecule has 0 heterocycles. The predicted molar refractivity (Wildman–Crippen MR) is 93.6 cm³/mol. The Kier molecular flexibility index (Phi) is 8.03. The molecule has 0 aliphatic heterocycles. The van der Waals surface area contributed by atoms with Gasteiger partial charge in [0, 0.05) is 16.8 Å². The van der Waals surface area contributed by atoms with Gasteiger partial charge in [-0.25, -0.2) is 13.1 Å². The molecular formula is C16H26BrNO3S. The van der Waals surface area contributed by atoms with Crippen LogP contribution in [0, 0.1) is 5.92 Å². The maximum Gasteiger partial charge on any atom is 0.240 e. The van der Waals surface area contributed by atoms with Gasteiger partial charge >= 0.3 is 0 Å². The number of halogens is 1. The molecule has 0 saturated heterocycles. The van der Waals surface area contributed by atoms with Gasteiger partial charge in [0.25, 0.3) is 0 Å². The van der Waals surface area contributed by atoms with Crippen molar-refractivity contribution in [1.82, 2.24) is 4.72 Å². The van der Waals surface area contributed by atoms with E-state index in [0.29, 0.717) is 11.2 Å². The van der Waals surface area contributed by atoms with Crippen molar-refractivity contribution in [3.05, 3.63) is 30.3 Å². The van der Waals surface area contributed by atoms with E-state index >= 15 is 0 Å². The number of sulfonamides is 1. The van der Waals surface area contributed by atoms with Crippen molar-refractivity contribution in [3.63, 3.8) is 0 Å². The zero-order chi connectivity index (χ0) is 16.8. The van der Waals surface area contributed by atoms with Gasteiger partial charge in [0.05, 0.1) is 11.0 Å². The van der Waals surface area contributed by atoms with Crippen LogP contribution < -0.4 is 4.72 Å². The molecule has 0 saturated carbocycles. The van der Waals surface area contributed by atoms with Crippen LogP contribution in [0.25, 0.3) is 0 Å². The molecule has 1 aromatic carbocycles. The van der Waals surface area contributed by atoms with Gasteiger partial charge < -0.3 is 5.11 Å². The van der Waals surface area contributed by atoms with E-state index in [-0.39, 0.29) is 16.9 Å². The number of rotatable bonds is 9. The van der Waals surface area contributed by atoms with Crippen molar-refractivity contribution >= 4 is 26.0 Å².